The minimum absolute atomic E-state index is 0.116. The van der Waals surface area contributed by atoms with Gasteiger partial charge in [0.05, 0.1) is 11.1 Å². The highest BCUT2D eigenvalue weighted by atomic mass is 19.1. The third kappa shape index (κ3) is 4.78. The van der Waals surface area contributed by atoms with E-state index in [2.05, 4.69) is 20.6 Å². The van der Waals surface area contributed by atoms with E-state index in [-0.39, 0.29) is 23.3 Å². The van der Waals surface area contributed by atoms with Gasteiger partial charge < -0.3 is 15.4 Å². The van der Waals surface area contributed by atoms with E-state index in [9.17, 15) is 9.18 Å². The summed E-state index contributed by atoms with van der Waals surface area (Å²) in [5.74, 6) is 1.28. The van der Waals surface area contributed by atoms with E-state index < -0.39 is 0 Å². The van der Waals surface area contributed by atoms with Crippen LogP contribution in [0.3, 0.4) is 0 Å². The lowest BCUT2D eigenvalue weighted by molar-refractivity contribution is 0.0915. The lowest BCUT2D eigenvalue weighted by atomic mass is 9.99. The number of carbonyl (C=O) groups is 1. The summed E-state index contributed by atoms with van der Waals surface area (Å²) in [5, 5.41) is 6.95. The van der Waals surface area contributed by atoms with Crippen LogP contribution in [0.4, 0.5) is 4.39 Å². The molecule has 0 bridgehead atoms. The van der Waals surface area contributed by atoms with Crippen LogP contribution in [0.5, 0.6) is 11.5 Å². The number of nitrogens with one attached hydrogen (secondary N) is 2. The standard InChI is InChI=1S/C25H25FN4O2/c26-20-2-1-3-22(12-20)32-21-8-4-17(5-9-21)13-29-23(18-6-7-18)25(10-11-25)30-24(31)19-14-27-16-28-15-19/h1-5,8-9,12,14-16,18,23,29H,6-7,10-11,13H2,(H,30,31). The predicted octanol–water partition coefficient (Wildman–Crippen LogP) is 4.24. The van der Waals surface area contributed by atoms with Crippen LogP contribution in [0.2, 0.25) is 0 Å². The van der Waals surface area contributed by atoms with E-state index >= 15 is 0 Å². The Bertz CT molecular complexity index is 1080. The first-order valence-electron chi connectivity index (χ1n) is 10.9. The van der Waals surface area contributed by atoms with E-state index in [4.69, 9.17) is 4.74 Å². The summed E-state index contributed by atoms with van der Waals surface area (Å²) >= 11 is 0. The van der Waals surface area contributed by atoms with E-state index in [0.717, 1.165) is 18.4 Å². The molecule has 2 aliphatic carbocycles. The summed E-state index contributed by atoms with van der Waals surface area (Å²) < 4.78 is 19.1. The Kier molecular flexibility index (Phi) is 5.57. The SMILES string of the molecule is O=C(NC1(C(NCc2ccc(Oc3cccc(F)c3)cc2)C2CC2)CC1)c1cncnc1. The Morgan fingerprint density at radius 1 is 1.09 bits per heavy atom. The number of benzene rings is 2. The number of nitrogens with zero attached hydrogens (tertiary/aromatic N) is 2. The molecule has 164 valence electrons. The van der Waals surface area contributed by atoms with Gasteiger partial charge in [0.15, 0.2) is 0 Å². The summed E-state index contributed by atoms with van der Waals surface area (Å²) in [6.07, 6.45) is 8.83. The van der Waals surface area contributed by atoms with Crippen molar-refractivity contribution in [1.82, 2.24) is 20.6 Å². The molecular formula is C25H25FN4O2. The Morgan fingerprint density at radius 2 is 1.84 bits per heavy atom. The number of ether oxygens (including phenoxy) is 1. The van der Waals surface area contributed by atoms with Gasteiger partial charge in [0.2, 0.25) is 0 Å². The molecule has 2 fully saturated rings. The Morgan fingerprint density at radius 3 is 2.50 bits per heavy atom. The maximum atomic E-state index is 13.3. The van der Waals surface area contributed by atoms with Crippen molar-refractivity contribution >= 4 is 5.91 Å². The van der Waals surface area contributed by atoms with Crippen LogP contribution in [-0.2, 0) is 6.54 Å². The third-order valence-electron chi connectivity index (χ3n) is 6.14. The largest absolute Gasteiger partial charge is 0.457 e. The maximum absolute atomic E-state index is 13.3. The van der Waals surface area contributed by atoms with E-state index in [1.807, 2.05) is 24.3 Å². The molecule has 5 rings (SSSR count). The molecular weight excluding hydrogens is 407 g/mol. The van der Waals surface area contributed by atoms with Crippen molar-refractivity contribution in [3.8, 4) is 11.5 Å². The van der Waals surface area contributed by atoms with E-state index in [1.54, 1.807) is 24.5 Å². The minimum atomic E-state index is -0.324. The van der Waals surface area contributed by atoms with Crippen LogP contribution >= 0.6 is 0 Å². The van der Waals surface area contributed by atoms with Crippen molar-refractivity contribution in [1.29, 1.82) is 0 Å². The van der Waals surface area contributed by atoms with Crippen molar-refractivity contribution in [3.05, 3.63) is 84.2 Å². The highest BCUT2D eigenvalue weighted by Gasteiger charge is 2.55. The molecule has 6 nitrogen and oxygen atoms in total. The Labute approximate surface area is 186 Å². The predicted molar refractivity (Wildman–Crippen MR) is 118 cm³/mol. The van der Waals surface area contributed by atoms with Crippen molar-refractivity contribution in [2.75, 3.05) is 0 Å². The second-order valence-electron chi connectivity index (χ2n) is 8.64. The zero-order valence-electron chi connectivity index (χ0n) is 17.6. The number of amides is 1. The van der Waals surface area contributed by atoms with Crippen molar-refractivity contribution in [3.63, 3.8) is 0 Å². The number of carbonyl (C=O) groups excluding carboxylic acids is 1. The average Bonchev–Trinajstić information content (AvgIpc) is 3.73. The van der Waals surface area contributed by atoms with Gasteiger partial charge in [-0.1, -0.05) is 18.2 Å². The fraction of sp³-hybridized carbons (Fsp3) is 0.320. The highest BCUT2D eigenvalue weighted by molar-refractivity contribution is 5.94. The number of hydrogen-bond donors (Lipinski definition) is 2. The lowest BCUT2D eigenvalue weighted by Crippen LogP contribution is -2.53. The van der Waals surface area contributed by atoms with Crippen LogP contribution < -0.4 is 15.4 Å². The average molecular weight is 432 g/mol. The second-order valence-corrected chi connectivity index (χ2v) is 8.64. The summed E-state index contributed by atoms with van der Waals surface area (Å²) in [5.41, 5.74) is 1.41. The molecule has 1 amide bonds. The smallest absolute Gasteiger partial charge is 0.254 e. The van der Waals surface area contributed by atoms with Crippen LogP contribution in [-0.4, -0.2) is 27.5 Å². The Balaban J connectivity index is 1.20. The molecule has 2 aliphatic rings. The Hall–Kier alpha value is -3.32. The van der Waals surface area contributed by atoms with Gasteiger partial charge in [0, 0.05) is 31.0 Å². The monoisotopic (exact) mass is 432 g/mol. The molecule has 3 aromatic rings. The molecule has 2 saturated carbocycles. The van der Waals surface area contributed by atoms with Gasteiger partial charge in [-0.2, -0.15) is 0 Å². The van der Waals surface area contributed by atoms with Crippen LogP contribution in [0.25, 0.3) is 0 Å². The molecule has 0 aliphatic heterocycles. The zero-order chi connectivity index (χ0) is 22.0. The number of hydrogen-bond acceptors (Lipinski definition) is 5. The highest BCUT2D eigenvalue weighted by Crippen LogP contribution is 2.48. The molecule has 0 radical (unpaired) electrons. The number of rotatable bonds is 9. The third-order valence-corrected chi connectivity index (χ3v) is 6.14. The molecule has 2 N–H and O–H groups in total. The van der Waals surface area contributed by atoms with Gasteiger partial charge in [-0.15, -0.1) is 0 Å². The first kappa shape index (κ1) is 20.6. The van der Waals surface area contributed by atoms with Crippen molar-refractivity contribution in [2.24, 2.45) is 5.92 Å². The summed E-state index contributed by atoms with van der Waals surface area (Å²) in [4.78, 5) is 20.6. The summed E-state index contributed by atoms with van der Waals surface area (Å²) in [6, 6.07) is 14.1. The lowest BCUT2D eigenvalue weighted by Gasteiger charge is -2.29. The van der Waals surface area contributed by atoms with Crippen molar-refractivity contribution < 1.29 is 13.9 Å². The number of aromatic nitrogens is 2. The van der Waals surface area contributed by atoms with E-state index in [0.29, 0.717) is 29.5 Å². The molecule has 1 heterocycles. The van der Waals surface area contributed by atoms with Crippen LogP contribution in [0.1, 0.15) is 41.6 Å². The van der Waals surface area contributed by atoms with E-state index in [1.165, 1.54) is 31.3 Å². The van der Waals surface area contributed by atoms with Crippen LogP contribution in [0.15, 0.2) is 67.3 Å². The molecule has 1 atom stereocenters. The molecule has 0 saturated heterocycles. The zero-order valence-corrected chi connectivity index (χ0v) is 17.6. The second kappa shape index (κ2) is 8.67. The van der Waals surface area contributed by atoms with Crippen molar-refractivity contribution in [2.45, 2.75) is 43.8 Å². The minimum Gasteiger partial charge on any atom is -0.457 e. The fourth-order valence-electron chi connectivity index (χ4n) is 4.18. The molecule has 1 aromatic heterocycles. The first-order valence-corrected chi connectivity index (χ1v) is 10.9. The first-order chi connectivity index (χ1) is 15.6. The van der Waals surface area contributed by atoms with Gasteiger partial charge in [0.1, 0.15) is 23.6 Å². The van der Waals surface area contributed by atoms with Crippen LogP contribution in [0, 0.1) is 11.7 Å². The van der Waals surface area contributed by atoms with Gasteiger partial charge in [-0.05, 0) is 61.4 Å². The molecule has 7 heteroatoms. The van der Waals surface area contributed by atoms with Gasteiger partial charge >= 0.3 is 0 Å². The summed E-state index contributed by atoms with van der Waals surface area (Å²) in [7, 11) is 0. The van der Waals surface area contributed by atoms with Gasteiger partial charge in [-0.25, -0.2) is 14.4 Å². The van der Waals surface area contributed by atoms with Gasteiger partial charge in [-0.3, -0.25) is 4.79 Å². The molecule has 32 heavy (non-hydrogen) atoms. The van der Waals surface area contributed by atoms with Gasteiger partial charge in [0.25, 0.3) is 5.91 Å². The normalized spacial score (nSPS) is 17.4. The molecule has 0 spiro atoms. The topological polar surface area (TPSA) is 76.1 Å². The molecule has 2 aromatic carbocycles. The quantitative estimate of drug-likeness (QED) is 0.529. The molecule has 1 unspecified atom stereocenters. The fourth-order valence-corrected chi connectivity index (χ4v) is 4.18. The maximum Gasteiger partial charge on any atom is 0.254 e. The summed E-state index contributed by atoms with van der Waals surface area (Å²) in [6.45, 7) is 0.702. The number of halogens is 1.